The predicted molar refractivity (Wildman–Crippen MR) is 69.8 cm³/mol. The van der Waals surface area contributed by atoms with Crippen LogP contribution in [0.1, 0.15) is 10.5 Å². The van der Waals surface area contributed by atoms with Gasteiger partial charge in [0.1, 0.15) is 11.5 Å². The maximum absolute atomic E-state index is 12.3. The van der Waals surface area contributed by atoms with Crippen LogP contribution in [0.5, 0.6) is 0 Å². The minimum atomic E-state index is -0.368. The lowest BCUT2D eigenvalue weighted by Gasteiger charge is -2.32. The van der Waals surface area contributed by atoms with Gasteiger partial charge in [0.25, 0.3) is 5.91 Å². The Kier molecular flexibility index (Phi) is 4.54. The van der Waals surface area contributed by atoms with Crippen LogP contribution < -0.4 is 11.3 Å². The number of anilines is 1. The number of carbonyl (C=O) groups is 1. The fourth-order valence-corrected chi connectivity index (χ4v) is 2.02. The largest absolute Gasteiger partial charge is 0.394 e. The summed E-state index contributed by atoms with van der Waals surface area (Å²) in [5.74, 6) is 5.32. The lowest BCUT2D eigenvalue weighted by Crippen LogP contribution is -2.47. The molecule has 1 aliphatic heterocycles. The van der Waals surface area contributed by atoms with Gasteiger partial charge in [0.05, 0.1) is 24.3 Å². The number of aromatic nitrogens is 1. The monoisotopic (exact) mass is 286 g/mol. The van der Waals surface area contributed by atoms with Crippen molar-refractivity contribution in [2.24, 2.45) is 5.84 Å². The summed E-state index contributed by atoms with van der Waals surface area (Å²) in [6, 6.07) is 3.13. The summed E-state index contributed by atoms with van der Waals surface area (Å²) in [6.45, 7) is 1.000. The van der Waals surface area contributed by atoms with Crippen LogP contribution in [-0.4, -0.2) is 53.3 Å². The molecule has 104 valence electrons. The number of ether oxygens (including phenoxy) is 1. The molecule has 1 fully saturated rings. The van der Waals surface area contributed by atoms with E-state index < -0.39 is 0 Å². The smallest absolute Gasteiger partial charge is 0.274 e. The van der Waals surface area contributed by atoms with Crippen LogP contribution in [0.2, 0.25) is 5.02 Å². The molecule has 19 heavy (non-hydrogen) atoms. The number of hydrazine groups is 1. The van der Waals surface area contributed by atoms with E-state index >= 15 is 0 Å². The molecule has 2 heterocycles. The zero-order chi connectivity index (χ0) is 13.8. The number of nitrogens with zero attached hydrogens (tertiary/aromatic N) is 2. The Labute approximate surface area is 115 Å². The van der Waals surface area contributed by atoms with E-state index in [4.69, 9.17) is 27.3 Å². The van der Waals surface area contributed by atoms with E-state index in [-0.39, 0.29) is 29.3 Å². The third-order valence-corrected chi connectivity index (χ3v) is 3.13. The number of hydrogen-bond donors (Lipinski definition) is 3. The molecule has 1 unspecified atom stereocenters. The summed E-state index contributed by atoms with van der Waals surface area (Å²) in [5, 5.41) is 9.33. The van der Waals surface area contributed by atoms with Crippen LogP contribution >= 0.6 is 11.6 Å². The second kappa shape index (κ2) is 6.16. The van der Waals surface area contributed by atoms with Crippen LogP contribution in [0.4, 0.5) is 5.82 Å². The highest BCUT2D eigenvalue weighted by Gasteiger charge is 2.26. The first-order chi connectivity index (χ1) is 9.15. The van der Waals surface area contributed by atoms with Crippen molar-refractivity contribution in [3.63, 3.8) is 0 Å². The Hall–Kier alpha value is -1.41. The number of aliphatic hydroxyl groups is 1. The van der Waals surface area contributed by atoms with Gasteiger partial charge in [-0.05, 0) is 12.1 Å². The molecule has 1 aromatic rings. The third kappa shape index (κ3) is 3.13. The maximum atomic E-state index is 12.3. The Bertz CT molecular complexity index is 471. The molecule has 4 N–H and O–H groups in total. The van der Waals surface area contributed by atoms with E-state index in [9.17, 15) is 4.79 Å². The maximum Gasteiger partial charge on any atom is 0.274 e. The molecule has 0 spiro atoms. The quantitative estimate of drug-likeness (QED) is 0.528. The number of rotatable bonds is 3. The minimum absolute atomic E-state index is 0.130. The fourth-order valence-electron chi connectivity index (χ4n) is 1.84. The number of nitrogens with one attached hydrogen (secondary N) is 1. The first-order valence-corrected chi connectivity index (χ1v) is 6.18. The van der Waals surface area contributed by atoms with E-state index in [1.54, 1.807) is 17.0 Å². The minimum Gasteiger partial charge on any atom is -0.394 e. The van der Waals surface area contributed by atoms with Gasteiger partial charge in [-0.15, -0.1) is 0 Å². The Morgan fingerprint density at radius 1 is 1.68 bits per heavy atom. The van der Waals surface area contributed by atoms with Crippen molar-refractivity contribution < 1.29 is 14.6 Å². The van der Waals surface area contributed by atoms with Crippen molar-refractivity contribution in [1.82, 2.24) is 9.88 Å². The molecule has 8 heteroatoms. The number of pyridine rings is 1. The highest BCUT2D eigenvalue weighted by atomic mass is 35.5. The van der Waals surface area contributed by atoms with Crippen LogP contribution in [0.25, 0.3) is 0 Å². The summed E-state index contributed by atoms with van der Waals surface area (Å²) in [4.78, 5) is 17.9. The summed E-state index contributed by atoms with van der Waals surface area (Å²) < 4.78 is 5.29. The van der Waals surface area contributed by atoms with Crippen molar-refractivity contribution in [1.29, 1.82) is 0 Å². The van der Waals surface area contributed by atoms with Gasteiger partial charge in [0.2, 0.25) is 0 Å². The van der Waals surface area contributed by atoms with E-state index in [2.05, 4.69) is 10.4 Å². The van der Waals surface area contributed by atoms with E-state index in [0.717, 1.165) is 0 Å². The summed E-state index contributed by atoms with van der Waals surface area (Å²) in [7, 11) is 0. The zero-order valence-electron chi connectivity index (χ0n) is 10.2. The molecule has 1 amide bonds. The standard InChI is InChI=1S/C11H15ClN4O3/c12-8-1-2-9(15-13)14-10(8)11(18)16-3-4-19-7(5-16)6-17/h1-2,7,17H,3-6,13H2,(H,14,15). The molecule has 0 radical (unpaired) electrons. The van der Waals surface area contributed by atoms with Crippen molar-refractivity contribution in [2.45, 2.75) is 6.10 Å². The average molecular weight is 287 g/mol. The van der Waals surface area contributed by atoms with Gasteiger partial charge >= 0.3 is 0 Å². The average Bonchev–Trinajstić information content (AvgIpc) is 2.47. The van der Waals surface area contributed by atoms with Crippen LogP contribution in [-0.2, 0) is 4.74 Å². The molecule has 7 nitrogen and oxygen atoms in total. The molecule has 1 aromatic heterocycles. The van der Waals surface area contributed by atoms with Gasteiger partial charge in [0.15, 0.2) is 0 Å². The zero-order valence-corrected chi connectivity index (χ0v) is 10.9. The van der Waals surface area contributed by atoms with Gasteiger partial charge in [-0.1, -0.05) is 11.6 Å². The van der Waals surface area contributed by atoms with Crippen molar-refractivity contribution >= 4 is 23.3 Å². The summed E-state index contributed by atoms with van der Waals surface area (Å²) >= 11 is 5.98. The highest BCUT2D eigenvalue weighted by molar-refractivity contribution is 6.33. The van der Waals surface area contributed by atoms with Gasteiger partial charge in [-0.2, -0.15) is 0 Å². The van der Waals surface area contributed by atoms with E-state index in [1.807, 2.05) is 0 Å². The summed E-state index contributed by atoms with van der Waals surface area (Å²) in [6.07, 6.45) is -0.368. The molecule has 0 bridgehead atoms. The van der Waals surface area contributed by atoms with Gasteiger partial charge in [0, 0.05) is 13.1 Å². The van der Waals surface area contributed by atoms with Gasteiger partial charge in [-0.25, -0.2) is 10.8 Å². The molecule has 0 saturated carbocycles. The molecule has 0 aromatic carbocycles. The second-order valence-electron chi connectivity index (χ2n) is 4.10. The van der Waals surface area contributed by atoms with Crippen LogP contribution in [0.3, 0.4) is 0 Å². The predicted octanol–water partition coefficient (Wildman–Crippen LogP) is -0.146. The van der Waals surface area contributed by atoms with Crippen LogP contribution in [0.15, 0.2) is 12.1 Å². The lowest BCUT2D eigenvalue weighted by atomic mass is 10.2. The molecule has 0 aliphatic carbocycles. The number of aliphatic hydroxyl groups excluding tert-OH is 1. The number of carbonyl (C=O) groups excluding carboxylic acids is 1. The van der Waals surface area contributed by atoms with Gasteiger partial charge < -0.3 is 20.2 Å². The van der Waals surface area contributed by atoms with Crippen molar-refractivity contribution in [2.75, 3.05) is 31.7 Å². The topological polar surface area (TPSA) is 101 Å². The molecule has 2 rings (SSSR count). The van der Waals surface area contributed by atoms with Gasteiger partial charge in [-0.3, -0.25) is 4.79 Å². The number of morpholine rings is 1. The van der Waals surface area contributed by atoms with Crippen molar-refractivity contribution in [3.05, 3.63) is 22.8 Å². The third-order valence-electron chi connectivity index (χ3n) is 2.83. The van der Waals surface area contributed by atoms with Crippen molar-refractivity contribution in [3.8, 4) is 0 Å². The lowest BCUT2D eigenvalue weighted by molar-refractivity contribution is -0.0448. The van der Waals surface area contributed by atoms with Crippen LogP contribution in [0, 0.1) is 0 Å². The number of amides is 1. The molecule has 1 aliphatic rings. The Morgan fingerprint density at radius 2 is 2.47 bits per heavy atom. The number of nitrogens with two attached hydrogens (primary N) is 1. The van der Waals surface area contributed by atoms with E-state index in [0.29, 0.717) is 25.5 Å². The molecule has 1 saturated heterocycles. The second-order valence-corrected chi connectivity index (χ2v) is 4.51. The number of hydrogen-bond acceptors (Lipinski definition) is 6. The SMILES string of the molecule is NNc1ccc(Cl)c(C(=O)N2CCOC(CO)C2)n1. The normalized spacial score (nSPS) is 19.3. The molecular formula is C11H15ClN4O3. The fraction of sp³-hybridized carbons (Fsp3) is 0.455. The summed E-state index contributed by atoms with van der Waals surface area (Å²) in [5.41, 5.74) is 2.50. The first-order valence-electron chi connectivity index (χ1n) is 5.80. The number of nitrogen functional groups attached to an aromatic ring is 1. The number of halogens is 1. The first kappa shape index (κ1) is 14.0. The highest BCUT2D eigenvalue weighted by Crippen LogP contribution is 2.19. The Morgan fingerprint density at radius 3 is 3.16 bits per heavy atom. The molecule has 1 atom stereocenters. The van der Waals surface area contributed by atoms with E-state index in [1.165, 1.54) is 0 Å². The molecular weight excluding hydrogens is 272 g/mol. The Balaban J connectivity index is 2.18.